The second-order valence-corrected chi connectivity index (χ2v) is 8.96. The lowest BCUT2D eigenvalue weighted by Crippen LogP contribution is -2.33. The Hall–Kier alpha value is -2.70. The number of nitrogens with two attached hydrogens (primary N) is 1. The van der Waals surface area contributed by atoms with E-state index >= 15 is 0 Å². The molecule has 1 aliphatic carbocycles. The van der Waals surface area contributed by atoms with Gasteiger partial charge in [0.15, 0.2) is 0 Å². The smallest absolute Gasteiger partial charge is 0.251 e. The predicted octanol–water partition coefficient (Wildman–Crippen LogP) is 4.10. The molecule has 1 fully saturated rings. The highest BCUT2D eigenvalue weighted by atomic mass is 32.1. The first-order valence-corrected chi connectivity index (χ1v) is 11.3. The molecule has 0 bridgehead atoms. The zero-order chi connectivity index (χ0) is 21.1. The summed E-state index contributed by atoms with van der Waals surface area (Å²) in [5, 5.41) is 9.97. The van der Waals surface area contributed by atoms with Crippen LogP contribution < -0.4 is 16.4 Å². The predicted molar refractivity (Wildman–Crippen MR) is 122 cm³/mol. The van der Waals surface area contributed by atoms with Crippen LogP contribution in [0.25, 0.3) is 10.1 Å². The summed E-state index contributed by atoms with van der Waals surface area (Å²) in [6.07, 6.45) is 3.39. The number of thiophene rings is 1. The molecule has 156 valence electrons. The van der Waals surface area contributed by atoms with E-state index in [4.69, 9.17) is 5.73 Å². The average Bonchev–Trinajstić information content (AvgIpc) is 3.39. The van der Waals surface area contributed by atoms with E-state index in [2.05, 4.69) is 47.2 Å². The molecule has 1 heterocycles. The SMILES string of the molecule is C[C@@H](NC1CC[C@H](c2ccc(C(=O)NCC(N)=O)cc2)C1)c1csc2ccccc12. The standard InChI is InChI=1S/C24H27N3O2S/c1-15(21-14-30-22-5-3-2-4-20(21)22)27-19-11-10-18(12-19)16-6-8-17(9-7-16)24(29)26-13-23(25)28/h2-9,14-15,18-19,27H,10-13H2,1H3,(H2,25,28)(H,26,29)/t15-,18+,19?/m1/s1. The first-order valence-electron chi connectivity index (χ1n) is 10.4. The normalized spacial score (nSPS) is 19.6. The van der Waals surface area contributed by atoms with E-state index in [1.54, 1.807) is 0 Å². The largest absolute Gasteiger partial charge is 0.368 e. The van der Waals surface area contributed by atoms with E-state index in [-0.39, 0.29) is 12.5 Å². The Labute approximate surface area is 180 Å². The van der Waals surface area contributed by atoms with Crippen molar-refractivity contribution >= 4 is 33.2 Å². The molecule has 30 heavy (non-hydrogen) atoms. The van der Waals surface area contributed by atoms with Crippen molar-refractivity contribution in [2.45, 2.75) is 44.2 Å². The van der Waals surface area contributed by atoms with Crippen molar-refractivity contribution in [3.63, 3.8) is 0 Å². The van der Waals surface area contributed by atoms with Crippen molar-refractivity contribution in [2.24, 2.45) is 5.73 Å². The Morgan fingerprint density at radius 2 is 1.90 bits per heavy atom. The van der Waals surface area contributed by atoms with E-state index in [1.165, 1.54) is 21.2 Å². The van der Waals surface area contributed by atoms with Crippen molar-refractivity contribution in [3.8, 4) is 0 Å². The molecular weight excluding hydrogens is 394 g/mol. The third kappa shape index (κ3) is 4.55. The third-order valence-electron chi connectivity index (χ3n) is 5.96. The van der Waals surface area contributed by atoms with Gasteiger partial charge in [0.2, 0.25) is 5.91 Å². The van der Waals surface area contributed by atoms with Crippen molar-refractivity contribution in [1.29, 1.82) is 0 Å². The van der Waals surface area contributed by atoms with Crippen molar-refractivity contribution in [3.05, 3.63) is 70.6 Å². The van der Waals surface area contributed by atoms with Gasteiger partial charge in [0.25, 0.3) is 5.91 Å². The Kier molecular flexibility index (Phi) is 6.16. The van der Waals surface area contributed by atoms with Gasteiger partial charge in [-0.3, -0.25) is 9.59 Å². The number of hydrogen-bond acceptors (Lipinski definition) is 4. The summed E-state index contributed by atoms with van der Waals surface area (Å²) in [5.74, 6) is -0.325. The van der Waals surface area contributed by atoms with Crippen LogP contribution in [-0.4, -0.2) is 24.4 Å². The number of benzene rings is 2. The van der Waals surface area contributed by atoms with Gasteiger partial charge < -0.3 is 16.4 Å². The highest BCUT2D eigenvalue weighted by Crippen LogP contribution is 2.37. The summed E-state index contributed by atoms with van der Waals surface area (Å²) in [6.45, 7) is 2.11. The number of rotatable bonds is 7. The monoisotopic (exact) mass is 421 g/mol. The van der Waals surface area contributed by atoms with Gasteiger partial charge in [0.1, 0.15) is 0 Å². The fraction of sp³-hybridized carbons (Fsp3) is 0.333. The molecule has 4 N–H and O–H groups in total. The van der Waals surface area contributed by atoms with Crippen LogP contribution in [0.3, 0.4) is 0 Å². The number of nitrogens with one attached hydrogen (secondary N) is 2. The van der Waals surface area contributed by atoms with Crippen LogP contribution in [0.15, 0.2) is 53.9 Å². The zero-order valence-electron chi connectivity index (χ0n) is 17.1. The van der Waals surface area contributed by atoms with Gasteiger partial charge in [-0.15, -0.1) is 11.3 Å². The van der Waals surface area contributed by atoms with Crippen LogP contribution in [0.2, 0.25) is 0 Å². The molecule has 3 aromatic rings. The first-order chi connectivity index (χ1) is 14.5. The summed E-state index contributed by atoms with van der Waals surface area (Å²) in [4.78, 5) is 22.8. The molecule has 0 aliphatic heterocycles. The average molecular weight is 422 g/mol. The molecule has 1 aliphatic rings. The maximum atomic E-state index is 12.0. The number of primary amides is 1. The van der Waals surface area contributed by atoms with Gasteiger partial charge in [-0.25, -0.2) is 0 Å². The molecular formula is C24H27N3O2S. The molecule has 0 spiro atoms. The molecule has 1 saturated carbocycles. The van der Waals surface area contributed by atoms with Crippen molar-refractivity contribution in [2.75, 3.05) is 6.54 Å². The number of hydrogen-bond donors (Lipinski definition) is 3. The molecule has 2 amide bonds. The molecule has 5 nitrogen and oxygen atoms in total. The van der Waals surface area contributed by atoms with Crippen LogP contribution in [0.5, 0.6) is 0 Å². The van der Waals surface area contributed by atoms with Gasteiger partial charge in [-0.1, -0.05) is 30.3 Å². The van der Waals surface area contributed by atoms with Crippen LogP contribution in [0.1, 0.15) is 59.6 Å². The second kappa shape index (κ2) is 8.98. The number of carbonyl (C=O) groups is 2. The molecule has 1 aromatic heterocycles. The highest BCUT2D eigenvalue weighted by molar-refractivity contribution is 7.17. The second-order valence-electron chi connectivity index (χ2n) is 8.05. The lowest BCUT2D eigenvalue weighted by atomic mass is 9.96. The van der Waals surface area contributed by atoms with Crippen LogP contribution in [0.4, 0.5) is 0 Å². The molecule has 2 aromatic carbocycles. The van der Waals surface area contributed by atoms with E-state index < -0.39 is 5.91 Å². The Morgan fingerprint density at radius 1 is 1.13 bits per heavy atom. The van der Waals surface area contributed by atoms with Gasteiger partial charge in [0.05, 0.1) is 6.54 Å². The van der Waals surface area contributed by atoms with Gasteiger partial charge >= 0.3 is 0 Å². The number of amides is 2. The molecule has 0 saturated heterocycles. The summed E-state index contributed by atoms with van der Waals surface area (Å²) in [5.41, 5.74) is 8.26. The summed E-state index contributed by atoms with van der Waals surface area (Å²) in [6, 6.07) is 17.1. The molecule has 3 atom stereocenters. The molecule has 6 heteroatoms. The maximum Gasteiger partial charge on any atom is 0.251 e. The minimum atomic E-state index is -0.547. The van der Waals surface area contributed by atoms with E-state index in [0.717, 1.165) is 19.3 Å². The summed E-state index contributed by atoms with van der Waals surface area (Å²) >= 11 is 1.81. The minimum absolute atomic E-state index is 0.145. The topological polar surface area (TPSA) is 84.2 Å². The molecule has 1 unspecified atom stereocenters. The van der Waals surface area contributed by atoms with E-state index in [0.29, 0.717) is 23.6 Å². The Morgan fingerprint density at radius 3 is 2.67 bits per heavy atom. The zero-order valence-corrected chi connectivity index (χ0v) is 17.9. The fourth-order valence-corrected chi connectivity index (χ4v) is 5.44. The fourth-order valence-electron chi connectivity index (χ4n) is 4.39. The quantitative estimate of drug-likeness (QED) is 0.537. The Balaban J connectivity index is 1.35. The van der Waals surface area contributed by atoms with Crippen molar-refractivity contribution in [1.82, 2.24) is 10.6 Å². The van der Waals surface area contributed by atoms with Gasteiger partial charge in [-0.2, -0.15) is 0 Å². The maximum absolute atomic E-state index is 12.0. The third-order valence-corrected chi connectivity index (χ3v) is 6.94. The Bertz CT molecular complexity index is 1040. The van der Waals surface area contributed by atoms with E-state index in [9.17, 15) is 9.59 Å². The lowest BCUT2D eigenvalue weighted by Gasteiger charge is -2.20. The molecule has 4 rings (SSSR count). The summed E-state index contributed by atoms with van der Waals surface area (Å²) in [7, 11) is 0. The van der Waals surface area contributed by atoms with Crippen LogP contribution in [-0.2, 0) is 4.79 Å². The molecule has 0 radical (unpaired) electrons. The van der Waals surface area contributed by atoms with Gasteiger partial charge in [0, 0.05) is 22.3 Å². The van der Waals surface area contributed by atoms with Crippen LogP contribution in [0, 0.1) is 0 Å². The van der Waals surface area contributed by atoms with Crippen LogP contribution >= 0.6 is 11.3 Å². The first kappa shape index (κ1) is 20.6. The van der Waals surface area contributed by atoms with Gasteiger partial charge in [-0.05, 0) is 72.2 Å². The lowest BCUT2D eigenvalue weighted by molar-refractivity contribution is -0.117. The number of carbonyl (C=O) groups excluding carboxylic acids is 2. The van der Waals surface area contributed by atoms with E-state index in [1.807, 2.05) is 35.6 Å². The minimum Gasteiger partial charge on any atom is -0.368 e. The highest BCUT2D eigenvalue weighted by Gasteiger charge is 2.27. The van der Waals surface area contributed by atoms with Crippen molar-refractivity contribution < 1.29 is 9.59 Å². The summed E-state index contributed by atoms with van der Waals surface area (Å²) < 4.78 is 1.34. The number of fused-ring (bicyclic) bond motifs is 1.